The summed E-state index contributed by atoms with van der Waals surface area (Å²) in [5, 5.41) is 9.12. The predicted molar refractivity (Wildman–Crippen MR) is 81.4 cm³/mol. The van der Waals surface area contributed by atoms with Gasteiger partial charge in [-0.1, -0.05) is 20.8 Å². The second-order valence-corrected chi connectivity index (χ2v) is 4.61. The second kappa shape index (κ2) is 8.71. The molecule has 1 aromatic rings. The lowest BCUT2D eigenvalue weighted by molar-refractivity contribution is 0.0945. The van der Waals surface area contributed by atoms with E-state index in [1.54, 1.807) is 0 Å². The van der Waals surface area contributed by atoms with Crippen LogP contribution >= 0.6 is 12.4 Å². The lowest BCUT2D eigenvalue weighted by Crippen LogP contribution is -2.36. The molecule has 0 bridgehead atoms. The third-order valence-corrected chi connectivity index (χ3v) is 3.10. The zero-order chi connectivity index (χ0) is 14.4. The molecule has 1 heterocycles. The van der Waals surface area contributed by atoms with Gasteiger partial charge in [0.15, 0.2) is 0 Å². The van der Waals surface area contributed by atoms with Gasteiger partial charge in [-0.15, -0.1) is 12.4 Å². The minimum Gasteiger partial charge on any atom is -0.352 e. The van der Waals surface area contributed by atoms with Crippen molar-refractivity contribution in [3.63, 3.8) is 0 Å². The molecule has 6 nitrogen and oxygen atoms in total. The number of halogens is 1. The minimum absolute atomic E-state index is 0. The number of hydrogen-bond donors (Lipinski definition) is 3. The topological polar surface area (TPSA) is 101 Å². The van der Waals surface area contributed by atoms with Gasteiger partial charge in [-0.2, -0.15) is 5.10 Å². The summed E-state index contributed by atoms with van der Waals surface area (Å²) in [6.07, 6.45) is 1.29. The van der Waals surface area contributed by atoms with Gasteiger partial charge in [0.25, 0.3) is 11.5 Å². The number of nitrogens with one attached hydrogen (secondary N) is 2. The highest BCUT2D eigenvalue weighted by Crippen LogP contribution is 2.10. The highest BCUT2D eigenvalue weighted by atomic mass is 35.5. The number of carbonyl (C=O) groups excluding carboxylic acids is 1. The molecule has 0 spiro atoms. The largest absolute Gasteiger partial charge is 0.352 e. The molecule has 7 heteroatoms. The Hall–Kier alpha value is -1.40. The monoisotopic (exact) mass is 302 g/mol. The normalized spacial score (nSPS) is 11.6. The summed E-state index contributed by atoms with van der Waals surface area (Å²) in [7, 11) is 0. The number of aromatic nitrogens is 2. The van der Waals surface area contributed by atoms with Crippen molar-refractivity contribution < 1.29 is 4.79 Å². The Balaban J connectivity index is 0.00000361. The maximum absolute atomic E-state index is 12.1. The van der Waals surface area contributed by atoms with E-state index in [9.17, 15) is 9.59 Å². The van der Waals surface area contributed by atoms with Crippen molar-refractivity contribution in [2.75, 3.05) is 13.1 Å². The second-order valence-electron chi connectivity index (χ2n) is 4.61. The summed E-state index contributed by atoms with van der Waals surface area (Å²) < 4.78 is 0. The van der Waals surface area contributed by atoms with Crippen LogP contribution in [0.1, 0.15) is 42.4 Å². The first-order valence-corrected chi connectivity index (χ1v) is 6.63. The lowest BCUT2D eigenvalue weighted by Gasteiger charge is -2.13. The van der Waals surface area contributed by atoms with E-state index in [1.807, 2.05) is 20.8 Å². The molecule has 0 aliphatic rings. The van der Waals surface area contributed by atoms with E-state index in [1.165, 1.54) is 0 Å². The van der Waals surface area contributed by atoms with Crippen LogP contribution in [0.15, 0.2) is 4.79 Å². The number of rotatable bonds is 6. The van der Waals surface area contributed by atoms with Crippen molar-refractivity contribution in [1.29, 1.82) is 0 Å². The number of H-pyrrole nitrogens is 1. The zero-order valence-electron chi connectivity index (χ0n) is 12.2. The Labute approximate surface area is 124 Å². The molecule has 0 fully saturated rings. The fourth-order valence-electron chi connectivity index (χ4n) is 1.88. The summed E-state index contributed by atoms with van der Waals surface area (Å²) >= 11 is 0. The molecule has 0 saturated carbocycles. The average molecular weight is 303 g/mol. The first-order chi connectivity index (χ1) is 9.04. The van der Waals surface area contributed by atoms with Gasteiger partial charge in [-0.05, 0) is 30.9 Å². The molecule has 0 saturated heterocycles. The standard InChI is InChI=1S/C13H22N4O2.ClH/c1-4-9-10(5-2)16-17-13(19)11(9)12(18)15-7-8(3)6-14;/h8H,4-7,14H2,1-3H3,(H,15,18)(H,17,19);1H. The molecule has 114 valence electrons. The number of hydrogen-bond acceptors (Lipinski definition) is 4. The molecule has 0 aliphatic heterocycles. The number of nitrogens with zero attached hydrogens (tertiary/aromatic N) is 1. The van der Waals surface area contributed by atoms with Crippen LogP contribution < -0.4 is 16.6 Å². The van der Waals surface area contributed by atoms with E-state index >= 15 is 0 Å². The Morgan fingerprint density at radius 1 is 1.40 bits per heavy atom. The maximum Gasteiger partial charge on any atom is 0.277 e. The molecule has 1 unspecified atom stereocenters. The summed E-state index contributed by atoms with van der Waals surface area (Å²) in [5.41, 5.74) is 6.73. The molecule has 0 aromatic carbocycles. The number of nitrogens with two attached hydrogens (primary N) is 1. The fourth-order valence-corrected chi connectivity index (χ4v) is 1.88. The van der Waals surface area contributed by atoms with Gasteiger partial charge in [-0.3, -0.25) is 9.59 Å². The third kappa shape index (κ3) is 4.31. The van der Waals surface area contributed by atoms with Crippen LogP contribution in [0, 0.1) is 5.92 Å². The maximum atomic E-state index is 12.1. The molecular weight excluding hydrogens is 280 g/mol. The van der Waals surface area contributed by atoms with Gasteiger partial charge < -0.3 is 11.1 Å². The van der Waals surface area contributed by atoms with Crippen LogP contribution in [-0.4, -0.2) is 29.2 Å². The average Bonchev–Trinajstić information content (AvgIpc) is 2.43. The quantitative estimate of drug-likeness (QED) is 0.718. The molecule has 4 N–H and O–H groups in total. The van der Waals surface area contributed by atoms with Crippen LogP contribution in [0.25, 0.3) is 0 Å². The molecule has 1 amide bonds. The van der Waals surface area contributed by atoms with Crippen LogP contribution in [-0.2, 0) is 12.8 Å². The number of amides is 1. The number of carbonyl (C=O) groups is 1. The van der Waals surface area contributed by atoms with Gasteiger partial charge in [0, 0.05) is 6.54 Å². The van der Waals surface area contributed by atoms with E-state index in [4.69, 9.17) is 5.73 Å². The van der Waals surface area contributed by atoms with Crippen molar-refractivity contribution in [3.05, 3.63) is 27.2 Å². The van der Waals surface area contributed by atoms with Gasteiger partial charge in [-0.25, -0.2) is 5.10 Å². The van der Waals surface area contributed by atoms with Crippen LogP contribution in [0.5, 0.6) is 0 Å². The summed E-state index contributed by atoms with van der Waals surface area (Å²) in [6, 6.07) is 0. The Bertz CT molecular complexity index is 502. The molecular formula is C13H23ClN4O2. The summed E-state index contributed by atoms with van der Waals surface area (Å²) in [4.78, 5) is 24.0. The van der Waals surface area contributed by atoms with Crippen molar-refractivity contribution >= 4 is 18.3 Å². The van der Waals surface area contributed by atoms with Crippen LogP contribution in [0.4, 0.5) is 0 Å². The molecule has 20 heavy (non-hydrogen) atoms. The SMILES string of the molecule is CCc1n[nH]c(=O)c(C(=O)NCC(C)CN)c1CC.Cl. The van der Waals surface area contributed by atoms with Crippen molar-refractivity contribution in [1.82, 2.24) is 15.5 Å². The zero-order valence-corrected chi connectivity index (χ0v) is 13.0. The highest BCUT2D eigenvalue weighted by molar-refractivity contribution is 5.95. The predicted octanol–water partition coefficient (Wildman–Crippen LogP) is 0.641. The first kappa shape index (κ1) is 18.6. The molecule has 1 rings (SSSR count). The molecule has 0 radical (unpaired) electrons. The van der Waals surface area contributed by atoms with E-state index in [0.717, 1.165) is 11.3 Å². The van der Waals surface area contributed by atoms with Gasteiger partial charge in [0.05, 0.1) is 5.69 Å². The highest BCUT2D eigenvalue weighted by Gasteiger charge is 2.18. The van der Waals surface area contributed by atoms with E-state index in [0.29, 0.717) is 25.9 Å². The first-order valence-electron chi connectivity index (χ1n) is 6.63. The van der Waals surface area contributed by atoms with Gasteiger partial charge in [0.1, 0.15) is 5.56 Å². The number of aryl methyl sites for hydroxylation is 1. The smallest absolute Gasteiger partial charge is 0.277 e. The van der Waals surface area contributed by atoms with Gasteiger partial charge in [0.2, 0.25) is 0 Å². The van der Waals surface area contributed by atoms with Crippen LogP contribution in [0.2, 0.25) is 0 Å². The third-order valence-electron chi connectivity index (χ3n) is 3.10. The van der Waals surface area contributed by atoms with E-state index in [-0.39, 0.29) is 29.8 Å². The van der Waals surface area contributed by atoms with Gasteiger partial charge >= 0.3 is 0 Å². The van der Waals surface area contributed by atoms with Crippen molar-refractivity contribution in [2.45, 2.75) is 33.6 Å². The lowest BCUT2D eigenvalue weighted by atomic mass is 10.0. The minimum atomic E-state index is -0.438. The Morgan fingerprint density at radius 2 is 2.05 bits per heavy atom. The van der Waals surface area contributed by atoms with Crippen molar-refractivity contribution in [3.8, 4) is 0 Å². The number of aromatic amines is 1. The summed E-state index contributed by atoms with van der Waals surface area (Å²) in [5.74, 6) is -0.170. The fraction of sp³-hybridized carbons (Fsp3) is 0.615. The van der Waals surface area contributed by atoms with Crippen LogP contribution in [0.3, 0.4) is 0 Å². The molecule has 1 aromatic heterocycles. The Kier molecular flexibility index (Phi) is 8.10. The Morgan fingerprint density at radius 3 is 2.55 bits per heavy atom. The molecule has 1 atom stereocenters. The van der Waals surface area contributed by atoms with E-state index < -0.39 is 5.56 Å². The van der Waals surface area contributed by atoms with Crippen molar-refractivity contribution in [2.24, 2.45) is 11.7 Å². The summed E-state index contributed by atoms with van der Waals surface area (Å²) in [6.45, 7) is 6.75. The van der Waals surface area contributed by atoms with E-state index in [2.05, 4.69) is 15.5 Å². The molecule has 0 aliphatic carbocycles.